The molecule has 0 spiro atoms. The predicted molar refractivity (Wildman–Crippen MR) is 38.1 cm³/mol. The third-order valence-electron chi connectivity index (χ3n) is 1.08. The van der Waals surface area contributed by atoms with Crippen LogP contribution in [0.25, 0.3) is 0 Å². The molecule has 8 heavy (non-hydrogen) atoms. The fraction of sp³-hybridized carbons (Fsp3) is 0.286. The molecular weight excluding hydrogens is 98.1 g/mol. The van der Waals surface area contributed by atoms with E-state index in [2.05, 4.69) is 24.9 Å². The van der Waals surface area contributed by atoms with Crippen LogP contribution in [0.5, 0.6) is 0 Å². The molecular formula is C7H11N. The van der Waals surface area contributed by atoms with Gasteiger partial charge in [0.25, 0.3) is 0 Å². The van der Waals surface area contributed by atoms with Crippen LogP contribution in [0.2, 0.25) is 0 Å². The summed E-state index contributed by atoms with van der Waals surface area (Å²) in [6.07, 6.45) is 1.79. The summed E-state index contributed by atoms with van der Waals surface area (Å²) in [6, 6.07) is 0. The van der Waals surface area contributed by atoms with Crippen molar-refractivity contribution in [2.75, 3.05) is 0 Å². The van der Waals surface area contributed by atoms with Crippen molar-refractivity contribution in [1.82, 2.24) is 0 Å². The molecule has 1 nitrogen and oxygen atoms in total. The Labute approximate surface area is 50.4 Å². The second kappa shape index (κ2) is 3.19. The first-order valence-corrected chi connectivity index (χ1v) is 2.50. The van der Waals surface area contributed by atoms with Gasteiger partial charge < -0.3 is 0 Å². The van der Waals surface area contributed by atoms with Gasteiger partial charge in [-0.15, -0.1) is 6.58 Å². The summed E-state index contributed by atoms with van der Waals surface area (Å²) >= 11 is 0. The summed E-state index contributed by atoms with van der Waals surface area (Å²) in [7, 11) is 0. The molecule has 0 aromatic carbocycles. The molecule has 0 aromatic heterocycles. The highest BCUT2D eigenvalue weighted by Crippen LogP contribution is 2.07. The van der Waals surface area contributed by atoms with E-state index in [9.17, 15) is 0 Å². The van der Waals surface area contributed by atoms with Gasteiger partial charge in [-0.3, -0.25) is 4.99 Å². The highest BCUT2D eigenvalue weighted by Gasteiger charge is 1.95. The van der Waals surface area contributed by atoms with Gasteiger partial charge in [0.2, 0.25) is 0 Å². The lowest BCUT2D eigenvalue weighted by molar-refractivity contribution is 0.858. The Morgan fingerprint density at radius 1 is 1.75 bits per heavy atom. The molecule has 0 bridgehead atoms. The summed E-state index contributed by atoms with van der Waals surface area (Å²) < 4.78 is 0. The number of aliphatic imine (C=N–C) groups is 1. The van der Waals surface area contributed by atoms with Crippen LogP contribution in [0.4, 0.5) is 0 Å². The average Bonchev–Trinajstić information content (AvgIpc) is 1.84. The Balaban J connectivity index is 3.80. The van der Waals surface area contributed by atoms with E-state index in [1.54, 1.807) is 6.08 Å². The van der Waals surface area contributed by atoms with Crippen LogP contribution in [-0.2, 0) is 0 Å². The second-order valence-electron chi connectivity index (χ2n) is 1.67. The van der Waals surface area contributed by atoms with Gasteiger partial charge >= 0.3 is 0 Å². The van der Waals surface area contributed by atoms with Crippen LogP contribution in [0, 0.1) is 5.92 Å². The van der Waals surface area contributed by atoms with Gasteiger partial charge in [-0.2, -0.15) is 0 Å². The van der Waals surface area contributed by atoms with E-state index >= 15 is 0 Å². The molecule has 1 atom stereocenters. The fourth-order valence-corrected chi connectivity index (χ4v) is 0.280. The maximum Gasteiger partial charge on any atom is 0.0390 e. The van der Waals surface area contributed by atoms with Gasteiger partial charge in [-0.25, -0.2) is 0 Å². The molecule has 0 amide bonds. The van der Waals surface area contributed by atoms with E-state index < -0.39 is 0 Å². The number of allylic oxidation sites excluding steroid dienone is 1. The van der Waals surface area contributed by atoms with Crippen LogP contribution < -0.4 is 0 Å². The van der Waals surface area contributed by atoms with Crippen LogP contribution in [0.15, 0.2) is 29.9 Å². The molecule has 0 saturated carbocycles. The largest absolute Gasteiger partial charge is 0.269 e. The van der Waals surface area contributed by atoms with Gasteiger partial charge in [-0.1, -0.05) is 19.6 Å². The minimum atomic E-state index is 0.257. The van der Waals surface area contributed by atoms with Crippen molar-refractivity contribution < 1.29 is 0 Å². The monoisotopic (exact) mass is 109 g/mol. The Kier molecular flexibility index (Phi) is 2.85. The summed E-state index contributed by atoms with van der Waals surface area (Å²) in [4.78, 5) is 3.64. The standard InChI is InChI=1S/C7H11N/c1-5-6(2)7(3)8-4/h5-6H,1,3-4H2,2H3. The molecule has 1 heteroatoms. The number of rotatable bonds is 3. The lowest BCUT2D eigenvalue weighted by Gasteiger charge is -2.00. The normalized spacial score (nSPS) is 12.1. The molecule has 1 unspecified atom stereocenters. The van der Waals surface area contributed by atoms with Gasteiger partial charge in [0.15, 0.2) is 0 Å². The molecule has 0 aliphatic heterocycles. The first kappa shape index (κ1) is 7.15. The first-order chi connectivity index (χ1) is 3.72. The maximum atomic E-state index is 3.64. The molecule has 0 fully saturated rings. The zero-order valence-corrected chi connectivity index (χ0v) is 5.22. The van der Waals surface area contributed by atoms with Crippen molar-refractivity contribution in [2.45, 2.75) is 6.92 Å². The third kappa shape index (κ3) is 1.73. The lowest BCUT2D eigenvalue weighted by atomic mass is 10.1. The van der Waals surface area contributed by atoms with Crippen LogP contribution >= 0.6 is 0 Å². The van der Waals surface area contributed by atoms with E-state index in [1.807, 2.05) is 6.92 Å². The van der Waals surface area contributed by atoms with E-state index in [1.165, 1.54) is 0 Å². The number of hydrogen-bond acceptors (Lipinski definition) is 1. The molecule has 0 radical (unpaired) electrons. The molecule has 0 aliphatic rings. The Morgan fingerprint density at radius 2 is 2.25 bits per heavy atom. The van der Waals surface area contributed by atoms with Crippen molar-refractivity contribution in [3.63, 3.8) is 0 Å². The zero-order chi connectivity index (χ0) is 6.57. The highest BCUT2D eigenvalue weighted by molar-refractivity contribution is 5.29. The van der Waals surface area contributed by atoms with Crippen molar-refractivity contribution >= 4 is 6.72 Å². The van der Waals surface area contributed by atoms with E-state index in [0.29, 0.717) is 0 Å². The lowest BCUT2D eigenvalue weighted by Crippen LogP contribution is -1.88. The SMILES string of the molecule is C=CC(C)C(=C)N=C. The molecule has 44 valence electrons. The van der Waals surface area contributed by atoms with Crippen molar-refractivity contribution in [3.8, 4) is 0 Å². The highest BCUT2D eigenvalue weighted by atomic mass is 14.7. The van der Waals surface area contributed by atoms with Crippen molar-refractivity contribution in [1.29, 1.82) is 0 Å². The van der Waals surface area contributed by atoms with E-state index in [-0.39, 0.29) is 5.92 Å². The Morgan fingerprint density at radius 3 is 2.38 bits per heavy atom. The maximum absolute atomic E-state index is 3.64. The van der Waals surface area contributed by atoms with Gasteiger partial charge in [0.1, 0.15) is 0 Å². The quantitative estimate of drug-likeness (QED) is 0.388. The van der Waals surface area contributed by atoms with Gasteiger partial charge in [-0.05, 0) is 6.72 Å². The van der Waals surface area contributed by atoms with Crippen LogP contribution in [-0.4, -0.2) is 6.72 Å². The molecule has 0 heterocycles. The van der Waals surface area contributed by atoms with Crippen molar-refractivity contribution in [2.24, 2.45) is 10.9 Å². The second-order valence-corrected chi connectivity index (χ2v) is 1.67. The third-order valence-corrected chi connectivity index (χ3v) is 1.08. The molecule has 0 saturated heterocycles. The fourth-order valence-electron chi connectivity index (χ4n) is 0.280. The zero-order valence-electron chi connectivity index (χ0n) is 5.22. The first-order valence-electron chi connectivity index (χ1n) is 2.50. The number of nitrogens with zero attached hydrogens (tertiary/aromatic N) is 1. The Hall–Kier alpha value is -0.850. The van der Waals surface area contributed by atoms with Crippen LogP contribution in [0.3, 0.4) is 0 Å². The van der Waals surface area contributed by atoms with Crippen LogP contribution in [0.1, 0.15) is 6.92 Å². The van der Waals surface area contributed by atoms with Gasteiger partial charge in [0.05, 0.1) is 0 Å². The Bertz CT molecular complexity index is 114. The summed E-state index contributed by atoms with van der Waals surface area (Å²) in [5.74, 6) is 0.257. The predicted octanol–water partition coefficient (Wildman–Crippen LogP) is 2.02. The molecule has 0 N–H and O–H groups in total. The summed E-state index contributed by atoms with van der Waals surface area (Å²) in [5.41, 5.74) is 0.778. The van der Waals surface area contributed by atoms with Gasteiger partial charge in [0, 0.05) is 11.6 Å². The molecule has 0 aromatic rings. The molecule has 0 aliphatic carbocycles. The van der Waals surface area contributed by atoms with E-state index in [0.717, 1.165) is 5.70 Å². The minimum absolute atomic E-state index is 0.257. The summed E-state index contributed by atoms with van der Waals surface area (Å²) in [5, 5.41) is 0. The smallest absolute Gasteiger partial charge is 0.0390 e. The van der Waals surface area contributed by atoms with Crippen molar-refractivity contribution in [3.05, 3.63) is 24.9 Å². The topological polar surface area (TPSA) is 12.4 Å². The molecule has 0 rings (SSSR count). The average molecular weight is 109 g/mol. The number of hydrogen-bond donors (Lipinski definition) is 0. The minimum Gasteiger partial charge on any atom is -0.269 e. The summed E-state index contributed by atoms with van der Waals surface area (Å²) in [6.45, 7) is 12.5. The van der Waals surface area contributed by atoms with E-state index in [4.69, 9.17) is 0 Å².